The second-order valence-electron chi connectivity index (χ2n) is 7.64. The van der Waals surface area contributed by atoms with Crippen LogP contribution in [0.5, 0.6) is 0 Å². The van der Waals surface area contributed by atoms with Gasteiger partial charge in [0.1, 0.15) is 0 Å². The summed E-state index contributed by atoms with van der Waals surface area (Å²) in [6, 6.07) is 0. The van der Waals surface area contributed by atoms with E-state index in [0.29, 0.717) is 12.2 Å². The zero-order chi connectivity index (χ0) is 15.1. The van der Waals surface area contributed by atoms with Crippen molar-refractivity contribution in [3.8, 4) is 0 Å². The molecule has 124 valence electrons. The molecule has 2 fully saturated rings. The average molecular weight is 296 g/mol. The normalized spacial score (nSPS) is 29.1. The van der Waals surface area contributed by atoms with Gasteiger partial charge in [-0.15, -0.1) is 0 Å². The van der Waals surface area contributed by atoms with Crippen LogP contribution in [0.4, 0.5) is 0 Å². The topological polar surface area (TPSA) is 12.5 Å². The van der Waals surface area contributed by atoms with Gasteiger partial charge in [-0.25, -0.2) is 0 Å². The molecule has 2 nitrogen and oxygen atoms in total. The van der Waals surface area contributed by atoms with E-state index in [1.54, 1.807) is 0 Å². The highest BCUT2D eigenvalue weighted by Crippen LogP contribution is 2.31. The SMILES string of the molecule is CCN1CCC(CCCC2CCC(OC(C)C)CC2)CC1. The summed E-state index contributed by atoms with van der Waals surface area (Å²) in [7, 11) is 0. The quantitative estimate of drug-likeness (QED) is 0.664. The van der Waals surface area contributed by atoms with Crippen molar-refractivity contribution in [3.05, 3.63) is 0 Å². The number of hydrogen-bond donors (Lipinski definition) is 0. The summed E-state index contributed by atoms with van der Waals surface area (Å²) in [5, 5.41) is 0. The molecule has 0 radical (unpaired) electrons. The Hall–Kier alpha value is -0.0800. The van der Waals surface area contributed by atoms with Crippen LogP contribution in [0.2, 0.25) is 0 Å². The minimum Gasteiger partial charge on any atom is -0.376 e. The van der Waals surface area contributed by atoms with E-state index in [1.165, 1.54) is 77.4 Å². The smallest absolute Gasteiger partial charge is 0.0578 e. The van der Waals surface area contributed by atoms with Gasteiger partial charge in [-0.3, -0.25) is 0 Å². The lowest BCUT2D eigenvalue weighted by Gasteiger charge is -2.32. The Kier molecular flexibility index (Phi) is 7.53. The molecule has 1 aliphatic heterocycles. The van der Waals surface area contributed by atoms with Crippen molar-refractivity contribution in [1.29, 1.82) is 0 Å². The molecular formula is C19H37NO. The Morgan fingerprint density at radius 3 is 2.00 bits per heavy atom. The molecule has 0 spiro atoms. The van der Waals surface area contributed by atoms with E-state index in [-0.39, 0.29) is 0 Å². The molecule has 1 aliphatic carbocycles. The Balaban J connectivity index is 1.52. The van der Waals surface area contributed by atoms with E-state index >= 15 is 0 Å². The molecule has 21 heavy (non-hydrogen) atoms. The van der Waals surface area contributed by atoms with Gasteiger partial charge in [0.2, 0.25) is 0 Å². The van der Waals surface area contributed by atoms with Crippen molar-refractivity contribution in [1.82, 2.24) is 4.90 Å². The second kappa shape index (κ2) is 9.15. The van der Waals surface area contributed by atoms with E-state index in [0.717, 1.165) is 11.8 Å². The second-order valence-corrected chi connectivity index (χ2v) is 7.64. The maximum absolute atomic E-state index is 5.96. The molecule has 2 aliphatic rings. The standard InChI is InChI=1S/C19H37NO/c1-4-20-14-12-18(13-15-20)7-5-6-17-8-10-19(11-9-17)21-16(2)3/h16-19H,4-15H2,1-3H3. The van der Waals surface area contributed by atoms with Crippen LogP contribution in [-0.2, 0) is 4.74 Å². The van der Waals surface area contributed by atoms with Crippen LogP contribution in [0, 0.1) is 11.8 Å². The highest BCUT2D eigenvalue weighted by Gasteiger charge is 2.23. The van der Waals surface area contributed by atoms with Crippen LogP contribution in [0.25, 0.3) is 0 Å². The fourth-order valence-electron chi connectivity index (χ4n) is 4.23. The minimum absolute atomic E-state index is 0.403. The van der Waals surface area contributed by atoms with Crippen LogP contribution in [0.3, 0.4) is 0 Å². The number of piperidine rings is 1. The maximum Gasteiger partial charge on any atom is 0.0578 e. The Bertz CT molecular complexity index is 263. The van der Waals surface area contributed by atoms with Gasteiger partial charge in [-0.05, 0) is 83.8 Å². The third-order valence-electron chi connectivity index (χ3n) is 5.64. The van der Waals surface area contributed by atoms with Crippen molar-refractivity contribution >= 4 is 0 Å². The molecule has 2 rings (SSSR count). The predicted molar refractivity (Wildman–Crippen MR) is 90.7 cm³/mol. The van der Waals surface area contributed by atoms with Gasteiger partial charge in [0, 0.05) is 0 Å². The summed E-state index contributed by atoms with van der Waals surface area (Å²) in [4.78, 5) is 2.60. The maximum atomic E-state index is 5.96. The predicted octanol–water partition coefficient (Wildman–Crippen LogP) is 4.87. The molecule has 0 amide bonds. The summed E-state index contributed by atoms with van der Waals surface area (Å²) in [5.41, 5.74) is 0. The molecule has 0 bridgehead atoms. The van der Waals surface area contributed by atoms with Gasteiger partial charge >= 0.3 is 0 Å². The Morgan fingerprint density at radius 1 is 0.905 bits per heavy atom. The minimum atomic E-state index is 0.403. The van der Waals surface area contributed by atoms with Gasteiger partial charge in [0.25, 0.3) is 0 Å². The van der Waals surface area contributed by atoms with Crippen LogP contribution < -0.4 is 0 Å². The molecule has 0 aromatic rings. The number of likely N-dealkylation sites (tertiary alicyclic amines) is 1. The van der Waals surface area contributed by atoms with Crippen LogP contribution in [0.1, 0.15) is 78.6 Å². The zero-order valence-corrected chi connectivity index (χ0v) is 14.7. The van der Waals surface area contributed by atoms with Crippen molar-refractivity contribution in [2.24, 2.45) is 11.8 Å². The first kappa shape index (κ1) is 17.3. The summed E-state index contributed by atoms with van der Waals surface area (Å²) in [5.74, 6) is 2.01. The third kappa shape index (κ3) is 6.28. The Labute approximate surface area is 132 Å². The highest BCUT2D eigenvalue weighted by molar-refractivity contribution is 4.75. The monoisotopic (exact) mass is 295 g/mol. The first-order valence-electron chi connectivity index (χ1n) is 9.55. The van der Waals surface area contributed by atoms with Crippen LogP contribution in [0.15, 0.2) is 0 Å². The molecule has 0 aromatic heterocycles. The molecule has 1 saturated heterocycles. The number of nitrogens with zero attached hydrogens (tertiary/aromatic N) is 1. The zero-order valence-electron chi connectivity index (χ0n) is 14.7. The lowest BCUT2D eigenvalue weighted by atomic mass is 9.82. The van der Waals surface area contributed by atoms with E-state index in [1.807, 2.05) is 0 Å². The molecule has 0 unspecified atom stereocenters. The molecule has 1 heterocycles. The average Bonchev–Trinajstić information content (AvgIpc) is 2.49. The molecule has 0 aromatic carbocycles. The van der Waals surface area contributed by atoms with Crippen LogP contribution in [-0.4, -0.2) is 36.7 Å². The lowest BCUT2D eigenvalue weighted by Crippen LogP contribution is -2.33. The summed E-state index contributed by atoms with van der Waals surface area (Å²) in [6.07, 6.45) is 13.7. The van der Waals surface area contributed by atoms with Crippen molar-refractivity contribution < 1.29 is 4.74 Å². The lowest BCUT2D eigenvalue weighted by molar-refractivity contribution is -0.0204. The van der Waals surface area contributed by atoms with E-state index in [4.69, 9.17) is 4.74 Å². The van der Waals surface area contributed by atoms with Crippen LogP contribution >= 0.6 is 0 Å². The van der Waals surface area contributed by atoms with Gasteiger partial charge in [-0.2, -0.15) is 0 Å². The fourth-order valence-corrected chi connectivity index (χ4v) is 4.23. The van der Waals surface area contributed by atoms with Gasteiger partial charge in [-0.1, -0.05) is 26.2 Å². The first-order chi connectivity index (χ1) is 10.2. The molecular weight excluding hydrogens is 258 g/mol. The van der Waals surface area contributed by atoms with E-state index in [9.17, 15) is 0 Å². The van der Waals surface area contributed by atoms with Gasteiger partial charge in [0.05, 0.1) is 12.2 Å². The van der Waals surface area contributed by atoms with E-state index in [2.05, 4.69) is 25.7 Å². The van der Waals surface area contributed by atoms with Gasteiger partial charge in [0.15, 0.2) is 0 Å². The highest BCUT2D eigenvalue weighted by atomic mass is 16.5. The molecule has 0 atom stereocenters. The Morgan fingerprint density at radius 2 is 1.48 bits per heavy atom. The molecule has 0 N–H and O–H groups in total. The largest absolute Gasteiger partial charge is 0.376 e. The summed E-state index contributed by atoms with van der Waals surface area (Å²) >= 11 is 0. The van der Waals surface area contributed by atoms with E-state index < -0.39 is 0 Å². The summed E-state index contributed by atoms with van der Waals surface area (Å²) < 4.78 is 5.96. The summed E-state index contributed by atoms with van der Waals surface area (Å²) in [6.45, 7) is 10.6. The van der Waals surface area contributed by atoms with Gasteiger partial charge < -0.3 is 9.64 Å². The number of rotatable bonds is 7. The first-order valence-corrected chi connectivity index (χ1v) is 9.55. The van der Waals surface area contributed by atoms with Crippen molar-refractivity contribution in [2.45, 2.75) is 90.8 Å². The molecule has 1 saturated carbocycles. The fraction of sp³-hybridized carbons (Fsp3) is 1.00. The number of hydrogen-bond acceptors (Lipinski definition) is 2. The third-order valence-corrected chi connectivity index (χ3v) is 5.64. The molecule has 2 heteroatoms. The van der Waals surface area contributed by atoms with Crippen molar-refractivity contribution in [2.75, 3.05) is 19.6 Å². The number of ether oxygens (including phenoxy) is 1. The van der Waals surface area contributed by atoms with Crippen molar-refractivity contribution in [3.63, 3.8) is 0 Å².